The maximum Gasteiger partial charge on any atom is 0.573 e. The lowest BCUT2D eigenvalue weighted by Gasteiger charge is -2.11. The van der Waals surface area contributed by atoms with Crippen molar-refractivity contribution >= 4 is 23.1 Å². The fourth-order valence-electron chi connectivity index (χ4n) is 5.06. The summed E-state index contributed by atoms with van der Waals surface area (Å²) in [5, 5.41) is 17.8. The number of aromatic amines is 1. The summed E-state index contributed by atoms with van der Waals surface area (Å²) in [4.78, 5) is 28.2. The predicted octanol–water partition coefficient (Wildman–Crippen LogP) is 8.17. The van der Waals surface area contributed by atoms with Gasteiger partial charge in [0.25, 0.3) is 0 Å². The van der Waals surface area contributed by atoms with Crippen LogP contribution >= 0.6 is 0 Å². The number of nitrogens with one attached hydrogen (secondary N) is 1. The van der Waals surface area contributed by atoms with Gasteiger partial charge in [0.05, 0.1) is 13.1 Å². The predicted molar refractivity (Wildman–Crippen MR) is 212 cm³/mol. The molecule has 0 atom stereocenters. The third-order valence-electron chi connectivity index (χ3n) is 7.76. The number of nitrogens with zero attached hydrogens (tertiary/aromatic N) is 2. The van der Waals surface area contributed by atoms with Crippen LogP contribution in [-0.2, 0) is 9.59 Å². The van der Waals surface area contributed by atoms with Crippen LogP contribution in [0.2, 0.25) is 0 Å². The molecule has 0 radical (unpaired) electrons. The van der Waals surface area contributed by atoms with Crippen molar-refractivity contribution in [1.29, 1.82) is 0 Å². The first kappa shape index (κ1) is 42.0. The average molecular weight is 760 g/mol. The number of allylic oxidation sites excluding steroid dienone is 2. The van der Waals surface area contributed by atoms with Gasteiger partial charge in [0.15, 0.2) is 0 Å². The molecule has 0 aliphatic carbocycles. The highest BCUT2D eigenvalue weighted by Gasteiger charge is 2.30. The molecular weight excluding hydrogens is 720 g/mol. The van der Waals surface area contributed by atoms with Crippen molar-refractivity contribution in [1.82, 2.24) is 14.8 Å². The van der Waals surface area contributed by atoms with Crippen LogP contribution in [0.5, 0.6) is 5.75 Å². The monoisotopic (exact) mass is 759 g/mol. The average Bonchev–Trinajstić information content (AvgIpc) is 3.71. The van der Waals surface area contributed by atoms with Crippen LogP contribution in [0.15, 0.2) is 140 Å². The van der Waals surface area contributed by atoms with Gasteiger partial charge in [-0.1, -0.05) is 109 Å². The minimum atomic E-state index is -4.74. The van der Waals surface area contributed by atoms with Crippen molar-refractivity contribution in [3.63, 3.8) is 0 Å². The highest BCUT2D eigenvalue weighted by molar-refractivity contribution is 5.81. The summed E-state index contributed by atoms with van der Waals surface area (Å²) >= 11 is 0. The molecule has 56 heavy (non-hydrogen) atoms. The van der Waals surface area contributed by atoms with Gasteiger partial charge < -0.3 is 19.9 Å². The third-order valence-corrected chi connectivity index (χ3v) is 7.76. The molecule has 286 valence electrons. The van der Waals surface area contributed by atoms with E-state index in [4.69, 9.17) is 10.2 Å². The molecule has 0 amide bonds. The van der Waals surface area contributed by atoms with Gasteiger partial charge in [-0.2, -0.15) is 0 Å². The smallest absolute Gasteiger partial charge is 0.480 e. The Labute approximate surface area is 324 Å². The van der Waals surface area contributed by atoms with E-state index in [1.807, 2.05) is 115 Å². The second-order valence-electron chi connectivity index (χ2n) is 12.4. The molecule has 3 N–H and O–H groups in total. The molecule has 1 heterocycles. The zero-order chi connectivity index (χ0) is 40.3. The number of carbonyl (C=O) groups is 2. The van der Waals surface area contributed by atoms with Crippen molar-refractivity contribution in [2.75, 3.05) is 40.3 Å². The molecule has 1 aromatic heterocycles. The van der Waals surface area contributed by atoms with Gasteiger partial charge in [-0.05, 0) is 79.3 Å². The van der Waals surface area contributed by atoms with Crippen molar-refractivity contribution in [3.05, 3.63) is 162 Å². The van der Waals surface area contributed by atoms with E-state index in [-0.39, 0.29) is 18.8 Å². The summed E-state index contributed by atoms with van der Waals surface area (Å²) in [5.41, 5.74) is 7.08. The van der Waals surface area contributed by atoms with E-state index in [1.54, 1.807) is 23.9 Å². The van der Waals surface area contributed by atoms with Crippen molar-refractivity contribution < 1.29 is 37.7 Å². The Kier molecular flexibility index (Phi) is 15.9. The summed E-state index contributed by atoms with van der Waals surface area (Å²) < 4.78 is 40.5. The molecule has 0 saturated carbocycles. The van der Waals surface area contributed by atoms with Crippen molar-refractivity contribution in [2.45, 2.75) is 6.36 Å². The standard InChI is InChI=1S/C24H22N2O2.C21H18F3NO3/c1-26(18-24(27)28)17-15-21(20-6-3-2-4-7-20)12-9-19-10-13-22(14-11-19)23-8-5-16-25-23;1-25(15-20(26)27)14-13-18(17-5-3-2-4-6-17)10-7-16-8-11-19(12-9-16)28-21(22,23)24/h2-8,10-11,13-16,25H,17-18H2,1H3,(H,27,28);2-6,8-9,11-13H,14-15H2,1H3,(H,26,27). The molecule has 5 aromatic rings. The first-order valence-electron chi connectivity index (χ1n) is 17.3. The second-order valence-corrected chi connectivity index (χ2v) is 12.4. The van der Waals surface area contributed by atoms with Crippen LogP contribution in [0, 0.1) is 23.7 Å². The number of aromatic nitrogens is 1. The van der Waals surface area contributed by atoms with Gasteiger partial charge in [-0.15, -0.1) is 13.2 Å². The van der Waals surface area contributed by atoms with E-state index < -0.39 is 18.3 Å². The van der Waals surface area contributed by atoms with Gasteiger partial charge >= 0.3 is 18.3 Å². The number of alkyl halides is 3. The molecular formula is C45H40F3N3O5. The first-order chi connectivity index (χ1) is 26.8. The summed E-state index contributed by atoms with van der Waals surface area (Å²) in [6, 6.07) is 36.6. The maximum absolute atomic E-state index is 12.2. The number of aliphatic carboxylic acids is 2. The number of hydrogen-bond donors (Lipinski definition) is 3. The van der Waals surface area contributed by atoms with E-state index in [0.717, 1.165) is 33.5 Å². The summed E-state index contributed by atoms with van der Waals surface area (Å²) in [6.07, 6.45) is 0.949. The van der Waals surface area contributed by atoms with Gasteiger partial charge in [0.2, 0.25) is 0 Å². The van der Waals surface area contributed by atoms with E-state index in [2.05, 4.69) is 33.4 Å². The molecule has 5 rings (SSSR count). The normalized spacial score (nSPS) is 11.4. The number of likely N-dealkylation sites (N-methyl/N-ethyl adjacent to an activating group) is 2. The molecule has 0 saturated heterocycles. The highest BCUT2D eigenvalue weighted by Crippen LogP contribution is 2.23. The second kappa shape index (κ2) is 21.2. The molecule has 0 fully saturated rings. The Balaban J connectivity index is 0.000000249. The Morgan fingerprint density at radius 1 is 0.661 bits per heavy atom. The summed E-state index contributed by atoms with van der Waals surface area (Å²) in [6.45, 7) is 0.777. The Morgan fingerprint density at radius 2 is 1.11 bits per heavy atom. The largest absolute Gasteiger partial charge is 0.573 e. The Bertz CT molecular complexity index is 2190. The Hall–Kier alpha value is -6.79. The quantitative estimate of drug-likeness (QED) is 0.110. The first-order valence-corrected chi connectivity index (χ1v) is 17.3. The zero-order valence-electron chi connectivity index (χ0n) is 30.8. The SMILES string of the molecule is CN(CC=C(C#Cc1ccc(-c2ccc[nH]2)cc1)c1ccccc1)CC(=O)O.CN(CC=C(C#Cc1ccc(OC(F)(F)F)cc1)c1ccccc1)CC(=O)O. The minimum Gasteiger partial charge on any atom is -0.480 e. The van der Waals surface area contributed by atoms with Crippen LogP contribution in [0.4, 0.5) is 13.2 Å². The summed E-state index contributed by atoms with van der Waals surface area (Å²) in [7, 11) is 3.46. The van der Waals surface area contributed by atoms with E-state index in [0.29, 0.717) is 24.2 Å². The van der Waals surface area contributed by atoms with E-state index in [1.165, 1.54) is 24.3 Å². The van der Waals surface area contributed by atoms with Crippen LogP contribution in [0.3, 0.4) is 0 Å². The molecule has 8 nitrogen and oxygen atoms in total. The third kappa shape index (κ3) is 15.3. The number of ether oxygens (including phenoxy) is 1. The topological polar surface area (TPSA) is 106 Å². The van der Waals surface area contributed by atoms with Crippen LogP contribution in [0.25, 0.3) is 22.4 Å². The molecule has 0 aliphatic rings. The Morgan fingerprint density at radius 3 is 1.50 bits per heavy atom. The molecule has 0 spiro atoms. The highest BCUT2D eigenvalue weighted by atomic mass is 19.4. The summed E-state index contributed by atoms with van der Waals surface area (Å²) in [5.74, 6) is 10.3. The van der Waals surface area contributed by atoms with Crippen LogP contribution in [-0.4, -0.2) is 83.6 Å². The number of benzene rings is 4. The van der Waals surface area contributed by atoms with Gasteiger partial charge in [0, 0.05) is 47.3 Å². The van der Waals surface area contributed by atoms with Crippen LogP contribution < -0.4 is 4.74 Å². The number of carboxylic acid groups (broad SMARTS) is 2. The molecule has 4 aromatic carbocycles. The minimum absolute atomic E-state index is 0.00773. The molecule has 0 aliphatic heterocycles. The van der Waals surface area contributed by atoms with E-state index in [9.17, 15) is 22.8 Å². The van der Waals surface area contributed by atoms with Crippen LogP contribution in [0.1, 0.15) is 22.3 Å². The zero-order valence-corrected chi connectivity index (χ0v) is 30.8. The maximum atomic E-state index is 12.2. The van der Waals surface area contributed by atoms with Gasteiger partial charge in [-0.25, -0.2) is 0 Å². The lowest BCUT2D eigenvalue weighted by Crippen LogP contribution is -2.25. The molecule has 0 unspecified atom stereocenters. The number of rotatable bonds is 12. The number of H-pyrrole nitrogens is 1. The number of hydrogen-bond acceptors (Lipinski definition) is 5. The number of halogens is 3. The molecule has 11 heteroatoms. The number of carboxylic acids is 2. The van der Waals surface area contributed by atoms with Crippen molar-refractivity contribution in [2.24, 2.45) is 0 Å². The lowest BCUT2D eigenvalue weighted by atomic mass is 10.0. The van der Waals surface area contributed by atoms with Crippen molar-refractivity contribution in [3.8, 4) is 40.7 Å². The fraction of sp³-hybridized carbons (Fsp3) is 0.156. The fourth-order valence-corrected chi connectivity index (χ4v) is 5.06. The van der Waals surface area contributed by atoms with Gasteiger partial charge in [-0.3, -0.25) is 19.4 Å². The lowest BCUT2D eigenvalue weighted by molar-refractivity contribution is -0.274. The van der Waals surface area contributed by atoms with Gasteiger partial charge in [0.1, 0.15) is 5.75 Å². The van der Waals surface area contributed by atoms with E-state index >= 15 is 0 Å². The molecule has 0 bridgehead atoms.